The average molecular weight is 241 g/mol. The number of nitrogens with one attached hydrogen (secondary N) is 2. The maximum Gasteiger partial charge on any atom is 0.263 e. The van der Waals surface area contributed by atoms with Crippen LogP contribution in [0.5, 0.6) is 0 Å². The highest BCUT2D eigenvalue weighted by atomic mass is 16.1. The van der Waals surface area contributed by atoms with Crippen LogP contribution in [-0.4, -0.2) is 26.8 Å². The number of para-hydroxylation sites is 1. The van der Waals surface area contributed by atoms with E-state index in [4.69, 9.17) is 0 Å². The molecule has 0 radical (unpaired) electrons. The fourth-order valence-corrected chi connectivity index (χ4v) is 1.80. The predicted octanol–water partition coefficient (Wildman–Crippen LogP) is 1.15. The number of fused-ring (bicyclic) bond motifs is 1. The smallest absolute Gasteiger partial charge is 0.263 e. The molecule has 2 N–H and O–H groups in total. The highest BCUT2D eigenvalue weighted by Gasteiger charge is 2.10. The van der Waals surface area contributed by atoms with Crippen LogP contribution >= 0.6 is 0 Å². The van der Waals surface area contributed by atoms with Crippen LogP contribution in [0.15, 0.2) is 41.3 Å². The lowest BCUT2D eigenvalue weighted by molar-refractivity contribution is 0.895. The first-order valence-electron chi connectivity index (χ1n) is 5.51. The second-order valence-electron chi connectivity index (χ2n) is 3.79. The van der Waals surface area contributed by atoms with Crippen LogP contribution in [0.1, 0.15) is 0 Å². The van der Waals surface area contributed by atoms with Crippen molar-refractivity contribution in [2.45, 2.75) is 0 Å². The molecule has 2 heterocycles. The third-order valence-corrected chi connectivity index (χ3v) is 2.68. The average Bonchev–Trinajstić information content (AvgIpc) is 2.84. The van der Waals surface area contributed by atoms with Crippen molar-refractivity contribution in [3.05, 3.63) is 46.9 Å². The molecule has 0 unspecified atom stereocenters. The zero-order chi connectivity index (χ0) is 12.5. The number of anilines is 1. The number of H-pyrrole nitrogens is 1. The van der Waals surface area contributed by atoms with Crippen LogP contribution in [0.2, 0.25) is 0 Å². The van der Waals surface area contributed by atoms with Gasteiger partial charge in [0.1, 0.15) is 5.39 Å². The van der Waals surface area contributed by atoms with Crippen molar-refractivity contribution in [3.8, 4) is 5.69 Å². The second-order valence-corrected chi connectivity index (χ2v) is 3.79. The Morgan fingerprint density at radius 3 is 2.78 bits per heavy atom. The molecule has 0 aliphatic heterocycles. The summed E-state index contributed by atoms with van der Waals surface area (Å²) in [5, 5.41) is 7.50. The molecule has 0 bridgehead atoms. The van der Waals surface area contributed by atoms with Crippen LogP contribution in [0.3, 0.4) is 0 Å². The molecule has 0 fully saturated rings. The highest BCUT2D eigenvalue weighted by Crippen LogP contribution is 2.14. The van der Waals surface area contributed by atoms with Gasteiger partial charge < -0.3 is 5.32 Å². The van der Waals surface area contributed by atoms with Gasteiger partial charge in [-0.2, -0.15) is 10.1 Å². The van der Waals surface area contributed by atoms with Gasteiger partial charge in [-0.3, -0.25) is 9.78 Å². The number of hydrogen-bond donors (Lipinski definition) is 2. The summed E-state index contributed by atoms with van der Waals surface area (Å²) < 4.78 is 1.64. The van der Waals surface area contributed by atoms with Crippen LogP contribution in [-0.2, 0) is 0 Å². The Labute approximate surface area is 102 Å². The zero-order valence-electron chi connectivity index (χ0n) is 9.71. The molecule has 0 aliphatic rings. The van der Waals surface area contributed by atoms with Crippen molar-refractivity contribution in [3.63, 3.8) is 0 Å². The molecule has 1 aromatic carbocycles. The molecular weight excluding hydrogens is 230 g/mol. The Hall–Kier alpha value is -2.63. The molecule has 0 atom stereocenters. The lowest BCUT2D eigenvalue weighted by Crippen LogP contribution is -2.11. The molecule has 90 valence electrons. The summed E-state index contributed by atoms with van der Waals surface area (Å²) in [6.07, 6.45) is 1.52. The Kier molecular flexibility index (Phi) is 2.33. The number of rotatable bonds is 2. The first-order chi connectivity index (χ1) is 8.79. The van der Waals surface area contributed by atoms with Crippen molar-refractivity contribution < 1.29 is 0 Å². The van der Waals surface area contributed by atoms with E-state index in [1.165, 1.54) is 6.20 Å². The summed E-state index contributed by atoms with van der Waals surface area (Å²) in [5.41, 5.74) is 1.20. The van der Waals surface area contributed by atoms with Crippen molar-refractivity contribution in [2.75, 3.05) is 12.4 Å². The molecule has 0 saturated heterocycles. The Balaban J connectivity index is 2.32. The SMILES string of the molecule is CNc1nc2c(cnn2-c2ccccc2)c(=O)[nH]1. The molecule has 6 nitrogen and oxygen atoms in total. The van der Waals surface area contributed by atoms with Gasteiger partial charge in [-0.15, -0.1) is 0 Å². The van der Waals surface area contributed by atoms with E-state index in [1.54, 1.807) is 11.7 Å². The summed E-state index contributed by atoms with van der Waals surface area (Å²) in [6, 6.07) is 9.57. The lowest BCUT2D eigenvalue weighted by atomic mass is 10.3. The molecule has 0 aliphatic carbocycles. The number of aromatic amines is 1. The van der Waals surface area contributed by atoms with E-state index in [-0.39, 0.29) is 5.56 Å². The Bertz CT molecular complexity index is 744. The fraction of sp³-hybridized carbons (Fsp3) is 0.0833. The third-order valence-electron chi connectivity index (χ3n) is 2.68. The molecule has 0 spiro atoms. The van der Waals surface area contributed by atoms with E-state index < -0.39 is 0 Å². The van der Waals surface area contributed by atoms with Crippen molar-refractivity contribution >= 4 is 17.0 Å². The van der Waals surface area contributed by atoms with Crippen LogP contribution in [0, 0.1) is 0 Å². The number of nitrogens with zero attached hydrogens (tertiary/aromatic N) is 3. The number of aromatic nitrogens is 4. The van der Waals surface area contributed by atoms with E-state index in [2.05, 4.69) is 20.4 Å². The van der Waals surface area contributed by atoms with Crippen LogP contribution in [0.25, 0.3) is 16.7 Å². The van der Waals surface area contributed by atoms with Gasteiger partial charge in [-0.25, -0.2) is 4.68 Å². The van der Waals surface area contributed by atoms with E-state index in [0.717, 1.165) is 5.69 Å². The molecule has 2 aromatic heterocycles. The third kappa shape index (κ3) is 1.55. The van der Waals surface area contributed by atoms with Crippen molar-refractivity contribution in [2.24, 2.45) is 0 Å². The zero-order valence-corrected chi connectivity index (χ0v) is 9.71. The van der Waals surface area contributed by atoms with Gasteiger partial charge in [0.05, 0.1) is 11.9 Å². The standard InChI is InChI=1S/C12H11N5O/c1-13-12-15-10-9(11(18)16-12)7-14-17(10)8-5-3-2-4-6-8/h2-7H,1H3,(H2,13,15,16,18). The minimum atomic E-state index is -0.202. The number of hydrogen-bond acceptors (Lipinski definition) is 4. The quantitative estimate of drug-likeness (QED) is 0.705. The topological polar surface area (TPSA) is 75.6 Å². The molecule has 3 aromatic rings. The molecule has 0 amide bonds. The van der Waals surface area contributed by atoms with Gasteiger partial charge in [-0.05, 0) is 12.1 Å². The minimum Gasteiger partial charge on any atom is -0.359 e. The Morgan fingerprint density at radius 1 is 1.28 bits per heavy atom. The summed E-state index contributed by atoms with van der Waals surface area (Å²) >= 11 is 0. The highest BCUT2D eigenvalue weighted by molar-refractivity contribution is 5.76. The molecule has 3 rings (SSSR count). The summed E-state index contributed by atoms with van der Waals surface area (Å²) in [4.78, 5) is 18.8. The Morgan fingerprint density at radius 2 is 2.06 bits per heavy atom. The number of benzene rings is 1. The van der Waals surface area contributed by atoms with Crippen molar-refractivity contribution in [1.82, 2.24) is 19.7 Å². The normalized spacial score (nSPS) is 10.7. The maximum atomic E-state index is 11.8. The maximum absolute atomic E-state index is 11.8. The van der Waals surface area contributed by atoms with Gasteiger partial charge in [0.15, 0.2) is 5.65 Å². The fourth-order valence-electron chi connectivity index (χ4n) is 1.80. The van der Waals surface area contributed by atoms with Crippen LogP contribution < -0.4 is 10.9 Å². The molecular formula is C12H11N5O. The van der Waals surface area contributed by atoms with Crippen molar-refractivity contribution in [1.29, 1.82) is 0 Å². The van der Waals surface area contributed by atoms with E-state index in [1.807, 2.05) is 30.3 Å². The first-order valence-corrected chi connectivity index (χ1v) is 5.51. The monoisotopic (exact) mass is 241 g/mol. The van der Waals surface area contributed by atoms with E-state index in [0.29, 0.717) is 17.0 Å². The summed E-state index contributed by atoms with van der Waals surface area (Å²) in [7, 11) is 1.70. The van der Waals surface area contributed by atoms with E-state index >= 15 is 0 Å². The lowest BCUT2D eigenvalue weighted by Gasteiger charge is -2.03. The predicted molar refractivity (Wildman–Crippen MR) is 69.0 cm³/mol. The molecule has 0 saturated carbocycles. The first kappa shape index (κ1) is 10.5. The second kappa shape index (κ2) is 3.99. The molecule has 18 heavy (non-hydrogen) atoms. The van der Waals surface area contributed by atoms with Gasteiger partial charge in [0.25, 0.3) is 5.56 Å². The van der Waals surface area contributed by atoms with Gasteiger partial charge >= 0.3 is 0 Å². The largest absolute Gasteiger partial charge is 0.359 e. The van der Waals surface area contributed by atoms with Gasteiger partial charge in [0, 0.05) is 7.05 Å². The van der Waals surface area contributed by atoms with Gasteiger partial charge in [0.2, 0.25) is 5.95 Å². The minimum absolute atomic E-state index is 0.202. The van der Waals surface area contributed by atoms with Gasteiger partial charge in [-0.1, -0.05) is 18.2 Å². The van der Waals surface area contributed by atoms with E-state index in [9.17, 15) is 4.79 Å². The van der Waals surface area contributed by atoms with Crippen LogP contribution in [0.4, 0.5) is 5.95 Å². The summed E-state index contributed by atoms with van der Waals surface area (Å²) in [5.74, 6) is 0.421. The molecule has 6 heteroatoms. The summed E-state index contributed by atoms with van der Waals surface area (Å²) in [6.45, 7) is 0.